The number of likely N-dealkylation sites (tertiary alicyclic amines) is 1. The molecule has 4 aromatic rings. The van der Waals surface area contributed by atoms with Crippen LogP contribution in [-0.2, 0) is 11.3 Å². The fourth-order valence-electron chi connectivity index (χ4n) is 5.21. The summed E-state index contributed by atoms with van der Waals surface area (Å²) in [4.78, 5) is 14.2. The van der Waals surface area contributed by atoms with Crippen LogP contribution >= 0.6 is 0 Å². The summed E-state index contributed by atoms with van der Waals surface area (Å²) >= 11 is 0. The maximum Gasteiger partial charge on any atom is 0.224 e. The van der Waals surface area contributed by atoms with Gasteiger partial charge in [-0.05, 0) is 80.6 Å². The molecule has 0 unspecified atom stereocenters. The lowest BCUT2D eigenvalue weighted by Crippen LogP contribution is -2.32. The van der Waals surface area contributed by atoms with Gasteiger partial charge in [0.2, 0.25) is 5.91 Å². The molecule has 0 bridgehead atoms. The number of hydrogen-bond acceptors (Lipinski definition) is 2. The fourth-order valence-corrected chi connectivity index (χ4v) is 5.21. The molecular weight excluding hydrogens is 418 g/mol. The van der Waals surface area contributed by atoms with Gasteiger partial charge in [0.05, 0.1) is 11.4 Å². The van der Waals surface area contributed by atoms with Gasteiger partial charge in [0.15, 0.2) is 0 Å². The highest BCUT2D eigenvalue weighted by Crippen LogP contribution is 2.32. The van der Waals surface area contributed by atoms with Crippen LogP contribution in [0.15, 0.2) is 79.0 Å². The molecule has 4 heteroatoms. The summed E-state index contributed by atoms with van der Waals surface area (Å²) in [5.41, 5.74) is 13.0. The number of nitrogens with zero attached hydrogens (tertiary/aromatic N) is 2. The zero-order valence-electron chi connectivity index (χ0n) is 20.1. The first-order valence-electron chi connectivity index (χ1n) is 12.3. The van der Waals surface area contributed by atoms with Gasteiger partial charge in [0.1, 0.15) is 0 Å². The molecule has 0 radical (unpaired) electrons. The first-order chi connectivity index (χ1) is 16.5. The van der Waals surface area contributed by atoms with Crippen molar-refractivity contribution in [3.8, 4) is 5.69 Å². The Labute approximate surface area is 202 Å². The van der Waals surface area contributed by atoms with Gasteiger partial charge in [-0.3, -0.25) is 9.69 Å². The lowest BCUT2D eigenvalue weighted by Gasteiger charge is -2.32. The molecule has 0 spiro atoms. The Morgan fingerprint density at radius 3 is 2.47 bits per heavy atom. The van der Waals surface area contributed by atoms with E-state index < -0.39 is 0 Å². The summed E-state index contributed by atoms with van der Waals surface area (Å²) < 4.78 is 2.32. The number of fused-ring (bicyclic) bond motifs is 1. The van der Waals surface area contributed by atoms with Crippen LogP contribution in [0.25, 0.3) is 16.6 Å². The number of hydrogen-bond donors (Lipinski definition) is 1. The van der Waals surface area contributed by atoms with E-state index in [4.69, 9.17) is 5.73 Å². The minimum Gasteiger partial charge on any atom is -0.369 e. The topological polar surface area (TPSA) is 51.3 Å². The van der Waals surface area contributed by atoms with E-state index in [0.717, 1.165) is 38.0 Å². The number of benzene rings is 3. The molecule has 1 atom stereocenters. The molecule has 1 aliphatic heterocycles. The standard InChI is InChI=1S/C30H33N3O/c1-21-10-12-27(13-11-21)33-20-26(28-8-3-4-9-29(28)33)19-32-16-14-23(15-17-32)25-7-5-6-24(18-25)22(2)30(31)34/h3-13,18,20,22-23H,14-17,19H2,1-2H3,(H2,31,34)/t22-/m1/s1. The van der Waals surface area contributed by atoms with E-state index in [2.05, 4.69) is 89.3 Å². The van der Waals surface area contributed by atoms with Crippen LogP contribution < -0.4 is 5.73 Å². The Balaban J connectivity index is 1.31. The quantitative estimate of drug-likeness (QED) is 0.396. The number of carbonyl (C=O) groups excluding carboxylic acids is 1. The average Bonchev–Trinajstić information content (AvgIpc) is 3.23. The molecule has 4 nitrogen and oxygen atoms in total. The summed E-state index contributed by atoms with van der Waals surface area (Å²) in [6.07, 6.45) is 4.58. The van der Waals surface area contributed by atoms with E-state index in [1.165, 1.54) is 33.3 Å². The van der Waals surface area contributed by atoms with Crippen molar-refractivity contribution in [3.63, 3.8) is 0 Å². The zero-order valence-corrected chi connectivity index (χ0v) is 20.1. The highest BCUT2D eigenvalue weighted by molar-refractivity contribution is 5.85. The minimum atomic E-state index is -0.267. The van der Waals surface area contributed by atoms with Gasteiger partial charge < -0.3 is 10.3 Å². The molecule has 34 heavy (non-hydrogen) atoms. The van der Waals surface area contributed by atoms with Gasteiger partial charge in [0, 0.05) is 23.8 Å². The van der Waals surface area contributed by atoms with Crippen molar-refractivity contribution in [2.24, 2.45) is 5.73 Å². The van der Waals surface area contributed by atoms with Crippen LogP contribution in [0.5, 0.6) is 0 Å². The van der Waals surface area contributed by atoms with Crippen molar-refractivity contribution in [1.82, 2.24) is 9.47 Å². The number of carbonyl (C=O) groups is 1. The van der Waals surface area contributed by atoms with Gasteiger partial charge in [-0.25, -0.2) is 0 Å². The van der Waals surface area contributed by atoms with Crippen molar-refractivity contribution in [1.29, 1.82) is 0 Å². The Bertz CT molecular complexity index is 1300. The number of primary amides is 1. The SMILES string of the molecule is Cc1ccc(-n2cc(CN3CCC(c4cccc([C@@H](C)C(N)=O)c4)CC3)c3ccccc32)cc1. The Hall–Kier alpha value is -3.37. The summed E-state index contributed by atoms with van der Waals surface area (Å²) in [5, 5.41) is 1.33. The van der Waals surface area contributed by atoms with Crippen molar-refractivity contribution < 1.29 is 4.79 Å². The number of rotatable bonds is 6. The Morgan fingerprint density at radius 1 is 1.00 bits per heavy atom. The number of aromatic nitrogens is 1. The second-order valence-electron chi connectivity index (χ2n) is 9.72. The van der Waals surface area contributed by atoms with Gasteiger partial charge in [-0.15, -0.1) is 0 Å². The third kappa shape index (κ3) is 4.51. The molecule has 5 rings (SSSR count). The van der Waals surface area contributed by atoms with Crippen molar-refractivity contribution in [2.75, 3.05) is 13.1 Å². The number of amides is 1. The van der Waals surface area contributed by atoms with Crippen molar-refractivity contribution in [3.05, 3.63) is 101 Å². The lowest BCUT2D eigenvalue weighted by molar-refractivity contribution is -0.119. The average molecular weight is 452 g/mol. The largest absolute Gasteiger partial charge is 0.369 e. The molecule has 1 aromatic heterocycles. The monoisotopic (exact) mass is 451 g/mol. The van der Waals surface area contributed by atoms with Crippen LogP contribution in [-0.4, -0.2) is 28.5 Å². The minimum absolute atomic E-state index is 0.245. The first kappa shape index (κ1) is 22.4. The maximum absolute atomic E-state index is 11.6. The summed E-state index contributed by atoms with van der Waals surface area (Å²) in [6.45, 7) is 7.12. The highest BCUT2D eigenvalue weighted by atomic mass is 16.1. The maximum atomic E-state index is 11.6. The number of nitrogens with two attached hydrogens (primary N) is 1. The third-order valence-corrected chi connectivity index (χ3v) is 7.40. The predicted molar refractivity (Wildman–Crippen MR) is 139 cm³/mol. The van der Waals surface area contributed by atoms with Crippen LogP contribution in [0, 0.1) is 6.92 Å². The van der Waals surface area contributed by atoms with E-state index in [1.54, 1.807) is 0 Å². The van der Waals surface area contributed by atoms with Crippen molar-refractivity contribution in [2.45, 2.75) is 45.1 Å². The van der Waals surface area contributed by atoms with Gasteiger partial charge >= 0.3 is 0 Å². The summed E-state index contributed by atoms with van der Waals surface area (Å²) in [7, 11) is 0. The van der Waals surface area contributed by atoms with E-state index in [-0.39, 0.29) is 11.8 Å². The molecule has 1 aliphatic rings. The Kier molecular flexibility index (Phi) is 6.25. The summed E-state index contributed by atoms with van der Waals surface area (Å²) in [6, 6.07) is 25.9. The van der Waals surface area contributed by atoms with Crippen LogP contribution in [0.1, 0.15) is 53.9 Å². The first-order valence-corrected chi connectivity index (χ1v) is 12.3. The molecule has 1 amide bonds. The predicted octanol–water partition coefficient (Wildman–Crippen LogP) is 5.91. The fraction of sp³-hybridized carbons (Fsp3) is 0.300. The van der Waals surface area contributed by atoms with Crippen LogP contribution in [0.4, 0.5) is 0 Å². The third-order valence-electron chi connectivity index (χ3n) is 7.40. The van der Waals surface area contributed by atoms with E-state index in [0.29, 0.717) is 5.92 Å². The summed E-state index contributed by atoms with van der Waals surface area (Å²) in [5.74, 6) is 0.0211. The Morgan fingerprint density at radius 2 is 1.74 bits per heavy atom. The molecule has 1 saturated heterocycles. The molecule has 1 fully saturated rings. The van der Waals surface area contributed by atoms with E-state index in [1.807, 2.05) is 13.0 Å². The van der Waals surface area contributed by atoms with E-state index in [9.17, 15) is 4.79 Å². The van der Waals surface area contributed by atoms with Gasteiger partial charge in [0.25, 0.3) is 0 Å². The van der Waals surface area contributed by atoms with Crippen molar-refractivity contribution >= 4 is 16.8 Å². The smallest absolute Gasteiger partial charge is 0.224 e. The molecule has 174 valence electrons. The second kappa shape index (κ2) is 9.47. The van der Waals surface area contributed by atoms with Crippen LogP contribution in [0.3, 0.4) is 0 Å². The molecule has 2 N–H and O–H groups in total. The number of para-hydroxylation sites is 1. The molecule has 3 aromatic carbocycles. The number of piperidine rings is 1. The number of aryl methyl sites for hydroxylation is 1. The normalized spacial score (nSPS) is 16.1. The molecule has 0 aliphatic carbocycles. The zero-order chi connectivity index (χ0) is 23.7. The highest BCUT2D eigenvalue weighted by Gasteiger charge is 2.23. The van der Waals surface area contributed by atoms with Gasteiger partial charge in [-0.2, -0.15) is 0 Å². The second-order valence-corrected chi connectivity index (χ2v) is 9.72. The molecule has 0 saturated carbocycles. The lowest BCUT2D eigenvalue weighted by atomic mass is 9.87. The van der Waals surface area contributed by atoms with Crippen LogP contribution in [0.2, 0.25) is 0 Å². The molecular formula is C30H33N3O. The van der Waals surface area contributed by atoms with E-state index >= 15 is 0 Å². The molecule has 2 heterocycles. The van der Waals surface area contributed by atoms with Gasteiger partial charge in [-0.1, -0.05) is 60.2 Å².